The summed E-state index contributed by atoms with van der Waals surface area (Å²) in [5.41, 5.74) is 4.65. The van der Waals surface area contributed by atoms with E-state index in [0.717, 1.165) is 16.9 Å². The molecule has 3 nitrogen and oxygen atoms in total. The van der Waals surface area contributed by atoms with Crippen LogP contribution in [0.25, 0.3) is 0 Å². The van der Waals surface area contributed by atoms with Crippen molar-refractivity contribution in [2.24, 2.45) is 5.84 Å². The van der Waals surface area contributed by atoms with E-state index in [1.165, 1.54) is 12.1 Å². The highest BCUT2D eigenvalue weighted by Gasteiger charge is 2.11. The van der Waals surface area contributed by atoms with Crippen LogP contribution in [0.5, 0.6) is 5.75 Å². The molecule has 2 rings (SSSR count). The summed E-state index contributed by atoms with van der Waals surface area (Å²) in [6.07, 6.45) is 0.591. The third-order valence-corrected chi connectivity index (χ3v) is 3.53. The fourth-order valence-corrected chi connectivity index (χ4v) is 2.15. The second-order valence-electron chi connectivity index (χ2n) is 4.90. The van der Waals surface area contributed by atoms with Gasteiger partial charge in [0, 0.05) is 5.02 Å². The number of halogens is 2. The molecule has 2 aromatic rings. The van der Waals surface area contributed by atoms with Gasteiger partial charge in [0.1, 0.15) is 18.2 Å². The van der Waals surface area contributed by atoms with Gasteiger partial charge < -0.3 is 4.74 Å². The van der Waals surface area contributed by atoms with Crippen molar-refractivity contribution in [3.8, 4) is 5.75 Å². The van der Waals surface area contributed by atoms with E-state index in [9.17, 15) is 4.39 Å². The van der Waals surface area contributed by atoms with Crippen LogP contribution in [0.3, 0.4) is 0 Å². The molecule has 2 aromatic carbocycles. The van der Waals surface area contributed by atoms with Gasteiger partial charge in [-0.05, 0) is 60.9 Å². The average Bonchev–Trinajstić information content (AvgIpc) is 2.48. The second kappa shape index (κ2) is 7.41. The fraction of sp³-hybridized carbons (Fsp3) is 0.250. The zero-order valence-corrected chi connectivity index (χ0v) is 12.5. The van der Waals surface area contributed by atoms with Gasteiger partial charge in [-0.1, -0.05) is 17.7 Å². The van der Waals surface area contributed by atoms with E-state index in [0.29, 0.717) is 18.1 Å². The van der Waals surface area contributed by atoms with Crippen LogP contribution in [0, 0.1) is 12.7 Å². The summed E-state index contributed by atoms with van der Waals surface area (Å²) in [6, 6.07) is 11.7. The van der Waals surface area contributed by atoms with Crippen LogP contribution in [-0.4, -0.2) is 12.6 Å². The first-order valence-corrected chi connectivity index (χ1v) is 7.06. The van der Waals surface area contributed by atoms with E-state index in [-0.39, 0.29) is 11.9 Å². The Labute approximate surface area is 128 Å². The molecule has 5 heteroatoms. The summed E-state index contributed by atoms with van der Waals surface area (Å²) in [7, 11) is 0. The Morgan fingerprint density at radius 2 is 1.95 bits per heavy atom. The Kier molecular flexibility index (Phi) is 5.56. The maximum absolute atomic E-state index is 13.3. The number of ether oxygens (including phenoxy) is 1. The number of hydrazine groups is 1. The lowest BCUT2D eigenvalue weighted by molar-refractivity contribution is 0.264. The standard InChI is InChI=1S/C16H18ClFN2O/c1-11-2-5-14(18)8-12(11)9-15(20-19)10-21-16-6-3-13(17)4-7-16/h2-8,15,20H,9-10,19H2,1H3. The van der Waals surface area contributed by atoms with Gasteiger partial charge in [-0.15, -0.1) is 0 Å². The SMILES string of the molecule is Cc1ccc(F)cc1CC(COc1ccc(Cl)cc1)NN. The summed E-state index contributed by atoms with van der Waals surface area (Å²) in [5, 5.41) is 0.659. The normalized spacial score (nSPS) is 12.2. The van der Waals surface area contributed by atoms with Crippen LogP contribution in [0.4, 0.5) is 4.39 Å². The molecule has 0 aliphatic carbocycles. The van der Waals surface area contributed by atoms with Crippen LogP contribution in [-0.2, 0) is 6.42 Å². The number of aryl methyl sites for hydroxylation is 1. The second-order valence-corrected chi connectivity index (χ2v) is 5.34. The van der Waals surface area contributed by atoms with Crippen molar-refractivity contribution in [3.63, 3.8) is 0 Å². The first kappa shape index (κ1) is 15.8. The highest BCUT2D eigenvalue weighted by atomic mass is 35.5. The molecule has 112 valence electrons. The predicted octanol–water partition coefficient (Wildman–Crippen LogP) is 3.24. The molecule has 0 radical (unpaired) electrons. The van der Waals surface area contributed by atoms with Crippen molar-refractivity contribution in [2.75, 3.05) is 6.61 Å². The van der Waals surface area contributed by atoms with Gasteiger partial charge in [0.25, 0.3) is 0 Å². The topological polar surface area (TPSA) is 47.3 Å². The quantitative estimate of drug-likeness (QED) is 0.636. The fourth-order valence-electron chi connectivity index (χ4n) is 2.02. The molecule has 21 heavy (non-hydrogen) atoms. The van der Waals surface area contributed by atoms with Crippen LogP contribution in [0.2, 0.25) is 5.02 Å². The summed E-state index contributed by atoms with van der Waals surface area (Å²) in [4.78, 5) is 0. The van der Waals surface area contributed by atoms with Gasteiger partial charge in [-0.3, -0.25) is 11.3 Å². The smallest absolute Gasteiger partial charge is 0.123 e. The maximum atomic E-state index is 13.3. The van der Waals surface area contributed by atoms with Crippen LogP contribution in [0.15, 0.2) is 42.5 Å². The van der Waals surface area contributed by atoms with E-state index in [4.69, 9.17) is 22.2 Å². The molecule has 0 aliphatic rings. The van der Waals surface area contributed by atoms with E-state index < -0.39 is 0 Å². The number of nitrogens with two attached hydrogens (primary N) is 1. The van der Waals surface area contributed by atoms with Crippen LogP contribution < -0.4 is 16.0 Å². The molecule has 0 fully saturated rings. The molecule has 1 unspecified atom stereocenters. The summed E-state index contributed by atoms with van der Waals surface area (Å²) in [6.45, 7) is 2.33. The monoisotopic (exact) mass is 308 g/mol. The van der Waals surface area contributed by atoms with Crippen molar-refractivity contribution >= 4 is 11.6 Å². The Balaban J connectivity index is 1.96. The zero-order valence-electron chi connectivity index (χ0n) is 11.8. The van der Waals surface area contributed by atoms with Gasteiger partial charge in [0.15, 0.2) is 0 Å². The number of hydrogen-bond acceptors (Lipinski definition) is 3. The van der Waals surface area contributed by atoms with Gasteiger partial charge in [0.2, 0.25) is 0 Å². The molecule has 1 atom stereocenters. The highest BCUT2D eigenvalue weighted by molar-refractivity contribution is 6.30. The first-order valence-electron chi connectivity index (χ1n) is 6.68. The molecule has 0 bridgehead atoms. The summed E-state index contributed by atoms with van der Waals surface area (Å²) in [5.74, 6) is 6.02. The molecule has 0 saturated heterocycles. The van der Waals surface area contributed by atoms with Crippen molar-refractivity contribution in [1.82, 2.24) is 5.43 Å². The average molecular weight is 309 g/mol. The molecule has 0 aromatic heterocycles. The largest absolute Gasteiger partial charge is 0.492 e. The number of hydrogen-bond donors (Lipinski definition) is 2. The number of benzene rings is 2. The van der Waals surface area contributed by atoms with E-state index in [2.05, 4.69) is 5.43 Å². The molecular formula is C16H18ClFN2O. The van der Waals surface area contributed by atoms with E-state index >= 15 is 0 Å². The van der Waals surface area contributed by atoms with Crippen molar-refractivity contribution in [3.05, 3.63) is 64.4 Å². The van der Waals surface area contributed by atoms with Crippen LogP contribution >= 0.6 is 11.6 Å². The molecule has 0 spiro atoms. The highest BCUT2D eigenvalue weighted by Crippen LogP contribution is 2.17. The molecule has 0 amide bonds. The van der Waals surface area contributed by atoms with Gasteiger partial charge in [-0.25, -0.2) is 4.39 Å². The number of nitrogens with one attached hydrogen (secondary N) is 1. The van der Waals surface area contributed by atoms with Crippen molar-refractivity contribution < 1.29 is 9.13 Å². The minimum absolute atomic E-state index is 0.110. The van der Waals surface area contributed by atoms with Crippen LogP contribution in [0.1, 0.15) is 11.1 Å². The zero-order chi connectivity index (χ0) is 15.2. The minimum Gasteiger partial charge on any atom is -0.492 e. The number of rotatable bonds is 6. The van der Waals surface area contributed by atoms with E-state index in [1.807, 2.05) is 6.92 Å². The Bertz CT molecular complexity index is 589. The van der Waals surface area contributed by atoms with Gasteiger partial charge in [0.05, 0.1) is 6.04 Å². The third kappa shape index (κ3) is 4.70. The minimum atomic E-state index is -0.245. The molecule has 0 heterocycles. The molecule has 0 aliphatic heterocycles. The molecule has 0 saturated carbocycles. The van der Waals surface area contributed by atoms with Gasteiger partial charge >= 0.3 is 0 Å². The molecular weight excluding hydrogens is 291 g/mol. The first-order chi connectivity index (χ1) is 10.1. The Hall–Kier alpha value is -1.62. The lowest BCUT2D eigenvalue weighted by Gasteiger charge is -2.18. The molecule has 3 N–H and O–H groups in total. The van der Waals surface area contributed by atoms with Gasteiger partial charge in [-0.2, -0.15) is 0 Å². The van der Waals surface area contributed by atoms with Crippen molar-refractivity contribution in [2.45, 2.75) is 19.4 Å². The van der Waals surface area contributed by atoms with E-state index in [1.54, 1.807) is 30.3 Å². The van der Waals surface area contributed by atoms with Crippen molar-refractivity contribution in [1.29, 1.82) is 0 Å². The lowest BCUT2D eigenvalue weighted by Crippen LogP contribution is -2.41. The predicted molar refractivity (Wildman–Crippen MR) is 82.9 cm³/mol. The maximum Gasteiger partial charge on any atom is 0.123 e. The lowest BCUT2D eigenvalue weighted by atomic mass is 10.0. The Morgan fingerprint density at radius 1 is 1.24 bits per heavy atom. The summed E-state index contributed by atoms with van der Waals surface area (Å²) < 4.78 is 19.0. The summed E-state index contributed by atoms with van der Waals surface area (Å²) >= 11 is 5.82. The third-order valence-electron chi connectivity index (χ3n) is 3.28. The Morgan fingerprint density at radius 3 is 2.62 bits per heavy atom.